The van der Waals surface area contributed by atoms with Crippen molar-refractivity contribution < 1.29 is 24.4 Å². The van der Waals surface area contributed by atoms with Gasteiger partial charge in [-0.2, -0.15) is 0 Å². The molecule has 0 bridgehead atoms. The quantitative estimate of drug-likeness (QED) is 0.324. The highest BCUT2D eigenvalue weighted by molar-refractivity contribution is 7.13. The fraction of sp³-hybridized carbons (Fsp3) is 0.400. The molecule has 2 atom stereocenters. The molecule has 1 heterocycles. The van der Waals surface area contributed by atoms with Crippen molar-refractivity contribution in [2.45, 2.75) is 19.1 Å². The third-order valence-corrected chi connectivity index (χ3v) is 3.13. The van der Waals surface area contributed by atoms with Crippen molar-refractivity contribution in [1.82, 2.24) is 5.32 Å². The van der Waals surface area contributed by atoms with Crippen LogP contribution in [0.25, 0.3) is 0 Å². The lowest BCUT2D eigenvalue weighted by atomic mass is 10.1. The fourth-order valence-corrected chi connectivity index (χ4v) is 2.13. The van der Waals surface area contributed by atoms with Gasteiger partial charge in [-0.15, -0.1) is 0 Å². The first-order chi connectivity index (χ1) is 9.01. The number of rotatable bonds is 7. The summed E-state index contributed by atoms with van der Waals surface area (Å²) in [5.74, 6) is -0.809. The SMILES string of the molecule is CCOC(=O)C(NC=O)C(O)c1csc([N+](=O)[O-])c1. The van der Waals surface area contributed by atoms with E-state index < -0.39 is 23.0 Å². The maximum Gasteiger partial charge on any atom is 0.331 e. The number of thiophene rings is 1. The first-order valence-electron chi connectivity index (χ1n) is 5.28. The van der Waals surface area contributed by atoms with Crippen LogP contribution in [0.15, 0.2) is 11.4 Å². The van der Waals surface area contributed by atoms with E-state index in [0.29, 0.717) is 0 Å². The van der Waals surface area contributed by atoms with Crippen molar-refractivity contribution in [1.29, 1.82) is 0 Å². The molecule has 2 unspecified atom stereocenters. The number of hydrogen-bond acceptors (Lipinski definition) is 7. The molecular weight excluding hydrogens is 276 g/mol. The highest BCUT2D eigenvalue weighted by Crippen LogP contribution is 2.28. The zero-order valence-corrected chi connectivity index (χ0v) is 10.8. The van der Waals surface area contributed by atoms with Gasteiger partial charge in [0.2, 0.25) is 6.41 Å². The normalized spacial score (nSPS) is 13.4. The van der Waals surface area contributed by atoms with E-state index in [9.17, 15) is 24.8 Å². The summed E-state index contributed by atoms with van der Waals surface area (Å²) in [5, 5.41) is 23.8. The molecule has 8 nitrogen and oxygen atoms in total. The van der Waals surface area contributed by atoms with Crippen molar-refractivity contribution in [3.8, 4) is 0 Å². The Morgan fingerprint density at radius 1 is 1.74 bits per heavy atom. The van der Waals surface area contributed by atoms with Gasteiger partial charge in [0.05, 0.1) is 11.5 Å². The van der Waals surface area contributed by atoms with E-state index in [1.54, 1.807) is 6.92 Å². The Balaban J connectivity index is 2.91. The molecule has 1 amide bonds. The Labute approximate surface area is 112 Å². The van der Waals surface area contributed by atoms with Gasteiger partial charge in [-0.3, -0.25) is 14.9 Å². The molecule has 0 aliphatic heterocycles. The first-order valence-corrected chi connectivity index (χ1v) is 6.16. The summed E-state index contributed by atoms with van der Waals surface area (Å²) in [7, 11) is 0. The van der Waals surface area contributed by atoms with Crippen LogP contribution in [0.4, 0.5) is 5.00 Å². The molecule has 0 aliphatic rings. The number of nitrogens with zero attached hydrogens (tertiary/aromatic N) is 1. The van der Waals surface area contributed by atoms with Crippen molar-refractivity contribution in [3.63, 3.8) is 0 Å². The fourth-order valence-electron chi connectivity index (χ4n) is 1.38. The molecule has 0 spiro atoms. The number of aliphatic hydroxyl groups is 1. The molecule has 1 aromatic rings. The summed E-state index contributed by atoms with van der Waals surface area (Å²) in [6.45, 7) is 1.67. The van der Waals surface area contributed by atoms with Gasteiger partial charge in [0.25, 0.3) is 0 Å². The van der Waals surface area contributed by atoms with Crippen molar-refractivity contribution in [2.24, 2.45) is 0 Å². The smallest absolute Gasteiger partial charge is 0.331 e. The minimum Gasteiger partial charge on any atom is -0.464 e. The lowest BCUT2D eigenvalue weighted by Gasteiger charge is -2.19. The van der Waals surface area contributed by atoms with Crippen molar-refractivity contribution in [3.05, 3.63) is 27.1 Å². The highest BCUT2D eigenvalue weighted by Gasteiger charge is 2.30. The van der Waals surface area contributed by atoms with E-state index in [1.165, 1.54) is 5.38 Å². The lowest BCUT2D eigenvalue weighted by Crippen LogP contribution is -2.42. The van der Waals surface area contributed by atoms with Crippen LogP contribution in [0, 0.1) is 10.1 Å². The second kappa shape index (κ2) is 6.81. The summed E-state index contributed by atoms with van der Waals surface area (Å²) in [5.41, 5.74) is 0.170. The molecule has 104 valence electrons. The zero-order valence-electron chi connectivity index (χ0n) is 9.94. The summed E-state index contributed by atoms with van der Waals surface area (Å²) in [4.78, 5) is 31.9. The lowest BCUT2D eigenvalue weighted by molar-refractivity contribution is -0.380. The monoisotopic (exact) mass is 288 g/mol. The third kappa shape index (κ3) is 3.73. The van der Waals surface area contributed by atoms with Gasteiger partial charge in [-0.05, 0) is 6.92 Å². The molecule has 0 saturated heterocycles. The van der Waals surface area contributed by atoms with Gasteiger partial charge in [-0.25, -0.2) is 4.79 Å². The molecule has 0 saturated carbocycles. The molecule has 1 rings (SSSR count). The Bertz CT molecular complexity index is 474. The number of aliphatic hydroxyl groups excluding tert-OH is 1. The maximum atomic E-state index is 11.6. The standard InChI is InChI=1S/C10H12N2O6S/c1-2-18-10(15)8(11-5-13)9(14)6-3-7(12(16)17)19-4-6/h3-5,8-9,14H,2H2,1H3,(H,11,13). The van der Waals surface area contributed by atoms with E-state index in [1.807, 2.05) is 0 Å². The number of nitrogens with one attached hydrogen (secondary N) is 1. The second-order valence-corrected chi connectivity index (χ2v) is 4.32. The number of amides is 1. The Kier molecular flexibility index (Phi) is 5.39. The number of nitro groups is 1. The van der Waals surface area contributed by atoms with E-state index in [0.717, 1.165) is 17.4 Å². The van der Waals surface area contributed by atoms with Crippen LogP contribution in [0.5, 0.6) is 0 Å². The third-order valence-electron chi connectivity index (χ3n) is 2.23. The summed E-state index contributed by atoms with van der Waals surface area (Å²) < 4.78 is 4.70. The molecular formula is C10H12N2O6S. The van der Waals surface area contributed by atoms with Gasteiger partial charge in [-0.1, -0.05) is 11.3 Å². The summed E-state index contributed by atoms with van der Waals surface area (Å²) >= 11 is 0.819. The average Bonchev–Trinajstić information content (AvgIpc) is 2.85. The number of ether oxygens (including phenoxy) is 1. The maximum absolute atomic E-state index is 11.6. The largest absolute Gasteiger partial charge is 0.464 e. The molecule has 1 aromatic heterocycles. The van der Waals surface area contributed by atoms with Gasteiger partial charge in [0.1, 0.15) is 6.10 Å². The van der Waals surface area contributed by atoms with Gasteiger partial charge >= 0.3 is 11.0 Å². The van der Waals surface area contributed by atoms with Gasteiger partial charge in [0, 0.05) is 17.0 Å². The predicted octanol–water partition coefficient (Wildman–Crippen LogP) is 0.367. The average molecular weight is 288 g/mol. The first kappa shape index (κ1) is 15.1. The molecule has 2 N–H and O–H groups in total. The molecule has 0 aliphatic carbocycles. The number of esters is 1. The van der Waals surface area contributed by atoms with Crippen molar-refractivity contribution in [2.75, 3.05) is 6.61 Å². The number of carbonyl (C=O) groups excluding carboxylic acids is 2. The highest BCUT2D eigenvalue weighted by atomic mass is 32.1. The van der Waals surface area contributed by atoms with Crippen LogP contribution in [-0.4, -0.2) is 35.1 Å². The van der Waals surface area contributed by atoms with Crippen LogP contribution >= 0.6 is 11.3 Å². The van der Waals surface area contributed by atoms with Crippen LogP contribution < -0.4 is 5.32 Å². The molecule has 0 fully saturated rings. The van der Waals surface area contributed by atoms with E-state index in [-0.39, 0.29) is 23.6 Å². The molecule has 19 heavy (non-hydrogen) atoms. The van der Waals surface area contributed by atoms with E-state index in [4.69, 9.17) is 4.74 Å². The second-order valence-electron chi connectivity index (χ2n) is 3.43. The topological polar surface area (TPSA) is 119 Å². The van der Waals surface area contributed by atoms with E-state index >= 15 is 0 Å². The van der Waals surface area contributed by atoms with Crippen LogP contribution in [0.3, 0.4) is 0 Å². The zero-order chi connectivity index (χ0) is 14.4. The molecule has 0 aromatic carbocycles. The minimum absolute atomic E-state index is 0.0897. The van der Waals surface area contributed by atoms with Crippen LogP contribution in [-0.2, 0) is 14.3 Å². The predicted molar refractivity (Wildman–Crippen MR) is 65.6 cm³/mol. The Hall–Kier alpha value is -2.00. The Morgan fingerprint density at radius 2 is 2.42 bits per heavy atom. The Morgan fingerprint density at radius 3 is 2.89 bits per heavy atom. The number of carbonyl (C=O) groups is 2. The van der Waals surface area contributed by atoms with Gasteiger partial charge < -0.3 is 15.2 Å². The number of hydrogen-bond donors (Lipinski definition) is 2. The van der Waals surface area contributed by atoms with Gasteiger partial charge in [0.15, 0.2) is 6.04 Å². The van der Waals surface area contributed by atoms with Crippen molar-refractivity contribution >= 4 is 28.7 Å². The molecule has 9 heteroatoms. The molecule has 0 radical (unpaired) electrons. The van der Waals surface area contributed by atoms with Crippen LogP contribution in [0.1, 0.15) is 18.6 Å². The summed E-state index contributed by atoms with van der Waals surface area (Å²) in [6.07, 6.45) is -1.15. The summed E-state index contributed by atoms with van der Waals surface area (Å²) in [6, 6.07) is -0.153. The van der Waals surface area contributed by atoms with Crippen LogP contribution in [0.2, 0.25) is 0 Å². The van der Waals surface area contributed by atoms with E-state index in [2.05, 4.69) is 5.32 Å². The minimum atomic E-state index is -1.41.